The minimum absolute atomic E-state index is 0.226. The van der Waals surface area contributed by atoms with E-state index in [4.69, 9.17) is 4.52 Å². The van der Waals surface area contributed by atoms with Crippen LogP contribution in [-0.4, -0.2) is 34.4 Å². The maximum absolute atomic E-state index is 9.56. The lowest BCUT2D eigenvalue weighted by Gasteiger charge is -2.27. The zero-order valence-electron chi connectivity index (χ0n) is 12.2. The summed E-state index contributed by atoms with van der Waals surface area (Å²) >= 11 is 0. The van der Waals surface area contributed by atoms with E-state index in [-0.39, 0.29) is 12.6 Å². The van der Waals surface area contributed by atoms with E-state index in [1.807, 2.05) is 36.4 Å². The molecule has 4 nitrogen and oxygen atoms in total. The van der Waals surface area contributed by atoms with Crippen molar-refractivity contribution < 1.29 is 9.63 Å². The van der Waals surface area contributed by atoms with Crippen LogP contribution in [0.25, 0.3) is 11.3 Å². The van der Waals surface area contributed by atoms with E-state index in [0.717, 1.165) is 36.5 Å². The Morgan fingerprint density at radius 1 is 1.19 bits per heavy atom. The quantitative estimate of drug-likeness (QED) is 0.938. The highest BCUT2D eigenvalue weighted by molar-refractivity contribution is 5.56. The van der Waals surface area contributed by atoms with Crippen molar-refractivity contribution in [2.45, 2.75) is 38.3 Å². The van der Waals surface area contributed by atoms with E-state index < -0.39 is 0 Å². The van der Waals surface area contributed by atoms with Crippen LogP contribution < -0.4 is 0 Å². The lowest BCUT2D eigenvalue weighted by Crippen LogP contribution is -2.36. The molecular formula is C17H22N2O2. The van der Waals surface area contributed by atoms with E-state index in [9.17, 15) is 5.11 Å². The number of hydrogen-bond donors (Lipinski definition) is 1. The highest BCUT2D eigenvalue weighted by atomic mass is 16.5. The number of likely N-dealkylation sites (tertiary alicyclic amines) is 1. The van der Waals surface area contributed by atoms with Gasteiger partial charge in [-0.05, 0) is 19.4 Å². The van der Waals surface area contributed by atoms with Gasteiger partial charge >= 0.3 is 0 Å². The van der Waals surface area contributed by atoms with Crippen molar-refractivity contribution in [1.82, 2.24) is 10.1 Å². The molecule has 0 bridgehead atoms. The van der Waals surface area contributed by atoms with Gasteiger partial charge < -0.3 is 9.63 Å². The van der Waals surface area contributed by atoms with Gasteiger partial charge in [0.05, 0.1) is 12.3 Å². The minimum Gasteiger partial charge on any atom is -0.395 e. The maximum Gasteiger partial charge on any atom is 0.167 e. The molecule has 1 atom stereocenters. The van der Waals surface area contributed by atoms with Gasteiger partial charge in [0.25, 0.3) is 0 Å². The first-order valence-electron chi connectivity index (χ1n) is 7.73. The summed E-state index contributed by atoms with van der Waals surface area (Å²) in [5, 5.41) is 13.7. The summed E-state index contributed by atoms with van der Waals surface area (Å²) in [7, 11) is 0. The molecule has 1 fully saturated rings. The molecule has 21 heavy (non-hydrogen) atoms. The van der Waals surface area contributed by atoms with Crippen LogP contribution in [0.1, 0.15) is 31.4 Å². The maximum atomic E-state index is 9.56. The fourth-order valence-corrected chi connectivity index (χ4v) is 2.98. The standard InChI is InChI=1S/C17H22N2O2/c20-13-16-9-5-2-6-10-19(16)12-15-11-17(21-18-15)14-7-3-1-4-8-14/h1,3-4,7-8,11,16,20H,2,5-6,9-10,12-13H2. The summed E-state index contributed by atoms with van der Waals surface area (Å²) in [6.07, 6.45) is 4.72. The van der Waals surface area contributed by atoms with E-state index in [0.29, 0.717) is 0 Å². The van der Waals surface area contributed by atoms with Crippen LogP contribution in [0.3, 0.4) is 0 Å². The highest BCUT2D eigenvalue weighted by Gasteiger charge is 2.21. The lowest BCUT2D eigenvalue weighted by molar-refractivity contribution is 0.116. The Kier molecular flexibility index (Phi) is 4.68. The largest absolute Gasteiger partial charge is 0.395 e. The predicted octanol–water partition coefficient (Wildman–Crippen LogP) is 3.08. The van der Waals surface area contributed by atoms with Crippen LogP contribution >= 0.6 is 0 Å². The molecule has 1 unspecified atom stereocenters. The second kappa shape index (κ2) is 6.87. The first-order chi connectivity index (χ1) is 10.4. The van der Waals surface area contributed by atoms with Gasteiger partial charge in [-0.1, -0.05) is 48.3 Å². The number of aliphatic hydroxyl groups is 1. The van der Waals surface area contributed by atoms with Crippen LogP contribution in [0.15, 0.2) is 40.9 Å². The number of nitrogens with zero attached hydrogens (tertiary/aromatic N) is 2. The van der Waals surface area contributed by atoms with E-state index in [2.05, 4.69) is 10.1 Å². The van der Waals surface area contributed by atoms with Crippen LogP contribution in [0, 0.1) is 0 Å². The molecule has 0 spiro atoms. The van der Waals surface area contributed by atoms with E-state index >= 15 is 0 Å². The van der Waals surface area contributed by atoms with E-state index in [1.165, 1.54) is 19.3 Å². The predicted molar refractivity (Wildman–Crippen MR) is 81.7 cm³/mol. The number of aliphatic hydroxyl groups excluding tert-OH is 1. The molecule has 3 rings (SSSR count). The Balaban J connectivity index is 1.71. The first-order valence-corrected chi connectivity index (χ1v) is 7.73. The van der Waals surface area contributed by atoms with E-state index in [1.54, 1.807) is 0 Å². The molecule has 4 heteroatoms. The molecule has 1 aromatic heterocycles. The zero-order valence-corrected chi connectivity index (χ0v) is 12.2. The van der Waals surface area contributed by atoms with Gasteiger partial charge in [-0.2, -0.15) is 0 Å². The molecule has 2 heterocycles. The number of hydrogen-bond acceptors (Lipinski definition) is 4. The van der Waals surface area contributed by atoms with Crippen LogP contribution in [0.2, 0.25) is 0 Å². The van der Waals surface area contributed by atoms with Gasteiger partial charge in [0, 0.05) is 24.2 Å². The van der Waals surface area contributed by atoms with Gasteiger partial charge in [0.15, 0.2) is 5.76 Å². The molecule has 1 aliphatic rings. The van der Waals surface area contributed by atoms with Gasteiger partial charge in [0.2, 0.25) is 0 Å². The van der Waals surface area contributed by atoms with Crippen molar-refractivity contribution in [3.63, 3.8) is 0 Å². The molecule has 1 saturated heterocycles. The molecule has 1 aromatic carbocycles. The molecule has 112 valence electrons. The van der Waals surface area contributed by atoms with Crippen LogP contribution in [0.4, 0.5) is 0 Å². The topological polar surface area (TPSA) is 49.5 Å². The molecule has 0 amide bonds. The molecule has 0 aliphatic carbocycles. The van der Waals surface area contributed by atoms with Crippen molar-refractivity contribution in [3.05, 3.63) is 42.1 Å². The average Bonchev–Trinajstić information content (AvgIpc) is 2.88. The number of benzene rings is 1. The zero-order chi connectivity index (χ0) is 14.5. The summed E-state index contributed by atoms with van der Waals surface area (Å²) in [4.78, 5) is 2.33. The third-order valence-corrected chi connectivity index (χ3v) is 4.19. The minimum atomic E-state index is 0.226. The lowest BCUT2D eigenvalue weighted by atomic mass is 10.1. The second-order valence-corrected chi connectivity index (χ2v) is 5.70. The van der Waals surface area contributed by atoms with Gasteiger partial charge in [-0.15, -0.1) is 0 Å². The fourth-order valence-electron chi connectivity index (χ4n) is 2.98. The summed E-state index contributed by atoms with van der Waals surface area (Å²) in [6, 6.07) is 12.3. The monoisotopic (exact) mass is 286 g/mol. The third kappa shape index (κ3) is 3.52. The van der Waals surface area contributed by atoms with Crippen LogP contribution in [0.5, 0.6) is 0 Å². The number of rotatable bonds is 4. The molecule has 1 aliphatic heterocycles. The van der Waals surface area contributed by atoms with Crippen molar-refractivity contribution in [3.8, 4) is 11.3 Å². The van der Waals surface area contributed by atoms with Gasteiger partial charge in [-0.25, -0.2) is 0 Å². The molecule has 1 N–H and O–H groups in total. The van der Waals surface area contributed by atoms with Crippen molar-refractivity contribution in [2.75, 3.05) is 13.2 Å². The normalized spacial score (nSPS) is 20.3. The summed E-state index contributed by atoms with van der Waals surface area (Å²) in [5.41, 5.74) is 1.99. The summed E-state index contributed by atoms with van der Waals surface area (Å²) < 4.78 is 5.45. The third-order valence-electron chi connectivity index (χ3n) is 4.19. The smallest absolute Gasteiger partial charge is 0.167 e. The van der Waals surface area contributed by atoms with Crippen LogP contribution in [-0.2, 0) is 6.54 Å². The highest BCUT2D eigenvalue weighted by Crippen LogP contribution is 2.23. The Bertz CT molecular complexity index is 553. The molecule has 0 saturated carbocycles. The van der Waals surface area contributed by atoms with Gasteiger partial charge in [-0.3, -0.25) is 4.90 Å². The van der Waals surface area contributed by atoms with Crippen molar-refractivity contribution >= 4 is 0 Å². The molecule has 0 radical (unpaired) electrons. The average molecular weight is 286 g/mol. The van der Waals surface area contributed by atoms with Crippen molar-refractivity contribution in [1.29, 1.82) is 0 Å². The fraction of sp³-hybridized carbons (Fsp3) is 0.471. The molecule has 2 aromatic rings. The van der Waals surface area contributed by atoms with Gasteiger partial charge in [0.1, 0.15) is 0 Å². The Morgan fingerprint density at radius 3 is 2.86 bits per heavy atom. The number of aromatic nitrogens is 1. The Hall–Kier alpha value is -1.65. The first kappa shape index (κ1) is 14.3. The second-order valence-electron chi connectivity index (χ2n) is 5.70. The summed E-state index contributed by atoms with van der Waals surface area (Å²) in [6.45, 7) is 2.00. The summed E-state index contributed by atoms with van der Waals surface area (Å²) in [5.74, 6) is 0.806. The SMILES string of the molecule is OCC1CCCCCN1Cc1cc(-c2ccccc2)on1. The Morgan fingerprint density at radius 2 is 2.05 bits per heavy atom. The Labute approximate surface area is 125 Å². The molecular weight excluding hydrogens is 264 g/mol. The van der Waals surface area contributed by atoms with Crippen molar-refractivity contribution in [2.24, 2.45) is 0 Å².